The van der Waals surface area contributed by atoms with Crippen molar-refractivity contribution < 1.29 is 29.0 Å². The van der Waals surface area contributed by atoms with Crippen LogP contribution in [0.5, 0.6) is 0 Å². The number of carbonyl (C=O) groups excluding carboxylic acids is 3. The van der Waals surface area contributed by atoms with Gasteiger partial charge in [0, 0.05) is 11.4 Å². The van der Waals surface area contributed by atoms with Gasteiger partial charge in [-0.25, -0.2) is 0 Å². The number of benzene rings is 3. The lowest BCUT2D eigenvalue weighted by Crippen LogP contribution is -2.26. The molecule has 0 saturated carbocycles. The summed E-state index contributed by atoms with van der Waals surface area (Å²) in [6, 6.07) is 26.0. The second-order valence-corrected chi connectivity index (χ2v) is 8.62. The molecule has 0 aliphatic carbocycles. The number of aliphatic carboxylic acids is 1. The van der Waals surface area contributed by atoms with Crippen molar-refractivity contribution in [2.45, 2.75) is 39.2 Å². The summed E-state index contributed by atoms with van der Waals surface area (Å²) in [5.74, 6) is -2.76. The summed E-state index contributed by atoms with van der Waals surface area (Å²) >= 11 is 5.83. The van der Waals surface area contributed by atoms with Crippen molar-refractivity contribution in [2.75, 3.05) is 0 Å². The molecule has 0 saturated heterocycles. The van der Waals surface area contributed by atoms with Gasteiger partial charge in [-0.05, 0) is 48.6 Å². The Hall–Kier alpha value is -3.77. The third kappa shape index (κ3) is 11.1. The van der Waals surface area contributed by atoms with Crippen molar-refractivity contribution in [1.82, 2.24) is 0 Å². The van der Waals surface area contributed by atoms with Crippen LogP contribution < -0.4 is 0 Å². The monoisotopic (exact) mass is 508 g/mol. The Labute approximate surface area is 215 Å². The predicted octanol–water partition coefficient (Wildman–Crippen LogP) is 5.49. The molecule has 188 valence electrons. The van der Waals surface area contributed by atoms with Gasteiger partial charge >= 0.3 is 11.9 Å². The Morgan fingerprint density at radius 2 is 1.36 bits per heavy atom. The van der Waals surface area contributed by atoms with E-state index in [1.165, 1.54) is 6.92 Å². The molecule has 7 heteroatoms. The van der Waals surface area contributed by atoms with Gasteiger partial charge in [-0.3, -0.25) is 19.2 Å². The van der Waals surface area contributed by atoms with Crippen molar-refractivity contribution in [1.29, 1.82) is 0 Å². The van der Waals surface area contributed by atoms with Gasteiger partial charge in [0.2, 0.25) is 0 Å². The standard InChI is InChI=1S/C18H17ClO3.C11H12O3/c1-13(20)17(11-14-7-9-16(19)10-8-14)18(21)22-12-15-5-3-2-4-6-15;12-10(8-11(13)14)7-6-9-4-2-1-3-5-9/h2-10,17H,11-12H2,1H3;1-5H,6-8H2,(H,13,14). The van der Waals surface area contributed by atoms with E-state index in [1.807, 2.05) is 72.8 Å². The van der Waals surface area contributed by atoms with E-state index >= 15 is 0 Å². The normalized spacial score (nSPS) is 10.9. The van der Waals surface area contributed by atoms with Crippen LogP contribution in [0.15, 0.2) is 84.9 Å². The quantitative estimate of drug-likeness (QED) is 0.271. The number of esters is 1. The summed E-state index contributed by atoms with van der Waals surface area (Å²) in [5, 5.41) is 8.98. The lowest BCUT2D eigenvalue weighted by Gasteiger charge is -2.13. The summed E-state index contributed by atoms with van der Waals surface area (Å²) in [7, 11) is 0. The van der Waals surface area contributed by atoms with Crippen LogP contribution in [-0.2, 0) is 43.4 Å². The third-order valence-corrected chi connectivity index (χ3v) is 5.49. The first kappa shape index (κ1) is 28.5. The highest BCUT2D eigenvalue weighted by molar-refractivity contribution is 6.30. The number of Topliss-reactive ketones (excluding diaryl/α,β-unsaturated/α-hetero) is 2. The van der Waals surface area contributed by atoms with Crippen LogP contribution in [0.1, 0.15) is 36.5 Å². The van der Waals surface area contributed by atoms with Crippen LogP contribution >= 0.6 is 11.6 Å². The molecule has 0 bridgehead atoms. The number of ketones is 2. The number of carboxylic acid groups (broad SMARTS) is 1. The van der Waals surface area contributed by atoms with Gasteiger partial charge in [0.05, 0.1) is 0 Å². The minimum Gasteiger partial charge on any atom is -0.481 e. The Kier molecular flexibility index (Phi) is 12.1. The van der Waals surface area contributed by atoms with E-state index in [2.05, 4.69) is 0 Å². The largest absolute Gasteiger partial charge is 0.481 e. The van der Waals surface area contributed by atoms with Gasteiger partial charge in [0.25, 0.3) is 0 Å². The molecular weight excluding hydrogens is 480 g/mol. The fourth-order valence-electron chi connectivity index (χ4n) is 3.26. The molecule has 3 aromatic carbocycles. The van der Waals surface area contributed by atoms with Crippen molar-refractivity contribution in [3.05, 3.63) is 107 Å². The van der Waals surface area contributed by atoms with E-state index in [0.717, 1.165) is 16.7 Å². The number of halogens is 1. The molecule has 0 spiro atoms. The lowest BCUT2D eigenvalue weighted by molar-refractivity contribution is -0.152. The molecule has 0 aliphatic rings. The molecule has 0 aromatic heterocycles. The van der Waals surface area contributed by atoms with E-state index < -0.39 is 17.9 Å². The minimum atomic E-state index is -1.05. The number of hydrogen-bond acceptors (Lipinski definition) is 5. The zero-order valence-corrected chi connectivity index (χ0v) is 20.8. The smallest absolute Gasteiger partial charge is 0.317 e. The average Bonchev–Trinajstić information content (AvgIpc) is 2.87. The molecule has 1 atom stereocenters. The first-order valence-electron chi connectivity index (χ1n) is 11.5. The highest BCUT2D eigenvalue weighted by Gasteiger charge is 2.25. The van der Waals surface area contributed by atoms with Gasteiger partial charge in [0.15, 0.2) is 0 Å². The minimum absolute atomic E-state index is 0.171. The van der Waals surface area contributed by atoms with Gasteiger partial charge < -0.3 is 9.84 Å². The first-order valence-corrected chi connectivity index (χ1v) is 11.8. The highest BCUT2D eigenvalue weighted by Crippen LogP contribution is 2.16. The van der Waals surface area contributed by atoms with Crippen LogP contribution in [0.3, 0.4) is 0 Å². The average molecular weight is 509 g/mol. The van der Waals surface area contributed by atoms with Crippen LogP contribution in [-0.4, -0.2) is 28.6 Å². The second kappa shape index (κ2) is 15.3. The molecule has 0 amide bonds. The SMILES string of the molecule is CC(=O)C(Cc1ccc(Cl)cc1)C(=O)OCc1ccccc1.O=C(O)CC(=O)CCc1ccccc1. The maximum absolute atomic E-state index is 12.2. The number of carbonyl (C=O) groups is 4. The maximum Gasteiger partial charge on any atom is 0.317 e. The predicted molar refractivity (Wildman–Crippen MR) is 138 cm³/mol. The maximum atomic E-state index is 12.2. The molecule has 0 heterocycles. The summed E-state index contributed by atoms with van der Waals surface area (Å²) in [5.41, 5.74) is 2.83. The highest BCUT2D eigenvalue weighted by atomic mass is 35.5. The fraction of sp³-hybridized carbons (Fsp3) is 0.241. The fourth-order valence-corrected chi connectivity index (χ4v) is 3.39. The molecule has 0 aliphatic heterocycles. The Morgan fingerprint density at radius 1 is 0.806 bits per heavy atom. The van der Waals surface area contributed by atoms with Crippen molar-refractivity contribution >= 4 is 35.1 Å². The van der Waals surface area contributed by atoms with Crippen molar-refractivity contribution in [2.24, 2.45) is 5.92 Å². The van der Waals surface area contributed by atoms with Crippen LogP contribution in [0.2, 0.25) is 5.02 Å². The van der Waals surface area contributed by atoms with Gasteiger partial charge in [-0.1, -0.05) is 84.4 Å². The number of rotatable bonds is 11. The molecular formula is C29H29ClO6. The molecule has 36 heavy (non-hydrogen) atoms. The molecule has 1 N–H and O–H groups in total. The Bertz CT molecular complexity index is 1130. The Morgan fingerprint density at radius 3 is 1.89 bits per heavy atom. The number of hydrogen-bond donors (Lipinski definition) is 1. The van der Waals surface area contributed by atoms with E-state index in [0.29, 0.717) is 24.3 Å². The van der Waals surface area contributed by atoms with Crippen LogP contribution in [0, 0.1) is 5.92 Å². The summed E-state index contributed by atoms with van der Waals surface area (Å²) in [4.78, 5) is 45.1. The summed E-state index contributed by atoms with van der Waals surface area (Å²) < 4.78 is 5.26. The van der Waals surface area contributed by atoms with E-state index in [9.17, 15) is 19.2 Å². The Balaban J connectivity index is 0.000000281. The van der Waals surface area contributed by atoms with Gasteiger partial charge in [0.1, 0.15) is 30.5 Å². The molecule has 3 rings (SSSR count). The van der Waals surface area contributed by atoms with Crippen LogP contribution in [0.4, 0.5) is 0 Å². The van der Waals surface area contributed by atoms with E-state index in [-0.39, 0.29) is 24.6 Å². The van der Waals surface area contributed by atoms with E-state index in [4.69, 9.17) is 21.4 Å². The first-order chi connectivity index (χ1) is 17.2. The lowest BCUT2D eigenvalue weighted by atomic mass is 9.96. The molecule has 0 radical (unpaired) electrons. The van der Waals surface area contributed by atoms with Crippen LogP contribution in [0.25, 0.3) is 0 Å². The summed E-state index contributed by atoms with van der Waals surface area (Å²) in [6.45, 7) is 1.58. The zero-order valence-electron chi connectivity index (χ0n) is 20.1. The van der Waals surface area contributed by atoms with Gasteiger partial charge in [-0.15, -0.1) is 0 Å². The molecule has 6 nitrogen and oxygen atoms in total. The summed E-state index contributed by atoms with van der Waals surface area (Å²) in [6.07, 6.45) is 0.871. The number of carboxylic acids is 1. The second-order valence-electron chi connectivity index (χ2n) is 8.18. The van der Waals surface area contributed by atoms with E-state index in [1.54, 1.807) is 12.1 Å². The van der Waals surface area contributed by atoms with Crippen molar-refractivity contribution in [3.63, 3.8) is 0 Å². The third-order valence-electron chi connectivity index (χ3n) is 5.24. The number of aryl methyl sites for hydroxylation is 1. The van der Waals surface area contributed by atoms with Gasteiger partial charge in [-0.2, -0.15) is 0 Å². The molecule has 0 fully saturated rings. The topological polar surface area (TPSA) is 97.7 Å². The molecule has 3 aromatic rings. The number of ether oxygens (including phenoxy) is 1. The van der Waals surface area contributed by atoms with Crippen molar-refractivity contribution in [3.8, 4) is 0 Å². The molecule has 1 unspecified atom stereocenters. The zero-order chi connectivity index (χ0) is 26.3.